The van der Waals surface area contributed by atoms with Gasteiger partial charge < -0.3 is 16.0 Å². The molecule has 2 rings (SSSR count). The lowest BCUT2D eigenvalue weighted by atomic mass is 10.3. The molecule has 1 fully saturated rings. The van der Waals surface area contributed by atoms with Crippen LogP contribution in [0.15, 0.2) is 4.90 Å². The van der Waals surface area contributed by atoms with Gasteiger partial charge in [0, 0.05) is 31.1 Å². The highest BCUT2D eigenvalue weighted by molar-refractivity contribution is 8.00. The van der Waals surface area contributed by atoms with Gasteiger partial charge in [-0.3, -0.25) is 4.79 Å². The predicted molar refractivity (Wildman–Crippen MR) is 92.7 cm³/mol. The molecule has 1 amide bonds. The van der Waals surface area contributed by atoms with Crippen LogP contribution in [-0.4, -0.2) is 43.3 Å². The molecule has 1 aromatic heterocycles. The van der Waals surface area contributed by atoms with Gasteiger partial charge in [-0.25, -0.2) is 0 Å². The lowest BCUT2D eigenvalue weighted by Crippen LogP contribution is -2.37. The third-order valence-corrected chi connectivity index (χ3v) is 6.99. The number of thioether (sulfide) groups is 2. The van der Waals surface area contributed by atoms with E-state index >= 15 is 0 Å². The van der Waals surface area contributed by atoms with Crippen LogP contribution in [0.1, 0.15) is 23.0 Å². The number of nitrogen functional groups attached to an aromatic ring is 1. The fraction of sp³-hybridized carbons (Fsp3) is 0.615. The predicted octanol–water partition coefficient (Wildman–Crippen LogP) is 2.74. The number of carbonyl (C=O) groups is 1. The molecule has 0 bridgehead atoms. The molecule has 0 radical (unpaired) electrons. The van der Waals surface area contributed by atoms with Crippen molar-refractivity contribution in [2.45, 2.75) is 23.5 Å². The highest BCUT2D eigenvalue weighted by Crippen LogP contribution is 2.44. The summed E-state index contributed by atoms with van der Waals surface area (Å²) in [6, 6.07) is 0. The molecule has 1 aliphatic rings. The monoisotopic (exact) mass is 331 g/mol. The molecule has 1 unspecified atom stereocenters. The zero-order valence-corrected chi connectivity index (χ0v) is 14.5. The van der Waals surface area contributed by atoms with Crippen LogP contribution in [0.25, 0.3) is 0 Å². The van der Waals surface area contributed by atoms with E-state index in [1.165, 1.54) is 17.8 Å². The van der Waals surface area contributed by atoms with Gasteiger partial charge in [-0.15, -0.1) is 23.1 Å². The van der Waals surface area contributed by atoms with E-state index in [2.05, 4.69) is 17.1 Å². The van der Waals surface area contributed by atoms with Crippen LogP contribution >= 0.6 is 34.9 Å². The van der Waals surface area contributed by atoms with Gasteiger partial charge in [-0.2, -0.15) is 11.8 Å². The van der Waals surface area contributed by atoms with Crippen LogP contribution in [0.5, 0.6) is 0 Å². The van der Waals surface area contributed by atoms with E-state index in [4.69, 9.17) is 5.73 Å². The van der Waals surface area contributed by atoms with Crippen molar-refractivity contribution in [2.75, 3.05) is 42.8 Å². The second kappa shape index (κ2) is 6.95. The van der Waals surface area contributed by atoms with E-state index in [1.54, 1.807) is 18.8 Å². The molecular weight excluding hydrogens is 310 g/mol. The molecule has 112 valence electrons. The molecule has 0 saturated carbocycles. The Balaban J connectivity index is 2.33. The lowest BCUT2D eigenvalue weighted by Gasteiger charge is -2.33. The Morgan fingerprint density at radius 1 is 1.60 bits per heavy atom. The molecule has 3 N–H and O–H groups in total. The maximum absolute atomic E-state index is 11.9. The van der Waals surface area contributed by atoms with E-state index in [1.807, 2.05) is 18.0 Å². The molecule has 0 aliphatic carbocycles. The van der Waals surface area contributed by atoms with Crippen LogP contribution in [0, 0.1) is 0 Å². The van der Waals surface area contributed by atoms with Crippen LogP contribution in [0.4, 0.5) is 10.7 Å². The second-order valence-corrected chi connectivity index (χ2v) is 7.83. The molecule has 1 atom stereocenters. The number of nitrogens with one attached hydrogen (secondary N) is 1. The Hall–Kier alpha value is -0.530. The summed E-state index contributed by atoms with van der Waals surface area (Å²) in [4.78, 5) is 16.0. The topological polar surface area (TPSA) is 58.4 Å². The van der Waals surface area contributed by atoms with Crippen molar-refractivity contribution < 1.29 is 4.79 Å². The summed E-state index contributed by atoms with van der Waals surface area (Å²) in [5.74, 6) is 1.05. The number of thiophene rings is 1. The van der Waals surface area contributed by atoms with Crippen molar-refractivity contribution in [1.29, 1.82) is 0 Å². The minimum absolute atomic E-state index is 0.0903. The molecular formula is C13H21N3OS3. The Labute approximate surface area is 132 Å². The zero-order valence-electron chi connectivity index (χ0n) is 12.1. The van der Waals surface area contributed by atoms with E-state index in [0.717, 1.165) is 28.7 Å². The van der Waals surface area contributed by atoms with Gasteiger partial charge in [0.2, 0.25) is 0 Å². The molecule has 4 nitrogen and oxygen atoms in total. The third kappa shape index (κ3) is 3.04. The summed E-state index contributed by atoms with van der Waals surface area (Å²) < 4.78 is 0. The molecule has 20 heavy (non-hydrogen) atoms. The number of nitrogens with zero attached hydrogens (tertiary/aromatic N) is 1. The number of hydrogen-bond donors (Lipinski definition) is 2. The fourth-order valence-corrected chi connectivity index (χ4v) is 5.60. The summed E-state index contributed by atoms with van der Waals surface area (Å²) in [5, 5.41) is 4.50. The maximum Gasteiger partial charge on any atom is 0.263 e. The first-order valence-corrected chi connectivity index (χ1v) is 9.76. The first-order chi connectivity index (χ1) is 9.62. The van der Waals surface area contributed by atoms with Crippen molar-refractivity contribution in [3.63, 3.8) is 0 Å². The number of hydrogen-bond acceptors (Lipinski definition) is 6. The van der Waals surface area contributed by atoms with E-state index < -0.39 is 0 Å². The number of anilines is 2. The second-order valence-electron chi connectivity index (χ2n) is 4.61. The van der Waals surface area contributed by atoms with Gasteiger partial charge in [0.15, 0.2) is 0 Å². The molecule has 2 heterocycles. The van der Waals surface area contributed by atoms with Crippen molar-refractivity contribution in [1.82, 2.24) is 5.32 Å². The molecule has 0 spiro atoms. The average Bonchev–Trinajstić information content (AvgIpc) is 2.83. The average molecular weight is 332 g/mol. The normalized spacial score (nSPS) is 19.1. The van der Waals surface area contributed by atoms with E-state index in [9.17, 15) is 4.79 Å². The minimum atomic E-state index is -0.0903. The molecule has 1 aromatic rings. The van der Waals surface area contributed by atoms with Crippen molar-refractivity contribution in [3.8, 4) is 0 Å². The lowest BCUT2D eigenvalue weighted by molar-refractivity contribution is 0.0968. The van der Waals surface area contributed by atoms with Gasteiger partial charge in [0.05, 0.1) is 10.6 Å². The van der Waals surface area contributed by atoms with E-state index in [-0.39, 0.29) is 5.91 Å². The molecule has 7 heteroatoms. The summed E-state index contributed by atoms with van der Waals surface area (Å²) in [6.45, 7) is 4.30. The van der Waals surface area contributed by atoms with Crippen LogP contribution in [0.2, 0.25) is 0 Å². The van der Waals surface area contributed by atoms with Crippen molar-refractivity contribution in [3.05, 3.63) is 4.88 Å². The molecule has 0 aromatic carbocycles. The fourth-order valence-electron chi connectivity index (χ4n) is 2.25. The SMILES string of the molecule is CCC1CN(c2sc(C(=O)NC)c(N)c2SC)CCS1. The summed E-state index contributed by atoms with van der Waals surface area (Å²) >= 11 is 5.19. The highest BCUT2D eigenvalue weighted by atomic mass is 32.2. The highest BCUT2D eigenvalue weighted by Gasteiger charge is 2.27. The number of rotatable bonds is 4. The first-order valence-electron chi connectivity index (χ1n) is 6.67. The summed E-state index contributed by atoms with van der Waals surface area (Å²) in [7, 11) is 1.64. The summed E-state index contributed by atoms with van der Waals surface area (Å²) in [5.41, 5.74) is 6.79. The molecule has 1 aliphatic heterocycles. The Morgan fingerprint density at radius 2 is 2.35 bits per heavy atom. The zero-order chi connectivity index (χ0) is 14.7. The first kappa shape index (κ1) is 15.9. The summed E-state index contributed by atoms with van der Waals surface area (Å²) in [6.07, 6.45) is 3.20. The van der Waals surface area contributed by atoms with Crippen molar-refractivity contribution in [2.24, 2.45) is 0 Å². The van der Waals surface area contributed by atoms with Crippen LogP contribution in [0.3, 0.4) is 0 Å². The minimum Gasteiger partial charge on any atom is -0.396 e. The standard InChI is InChI=1S/C13H21N3OS3/c1-4-8-7-16(5-6-19-8)13-11(18-3)9(14)10(20-13)12(17)15-2/h8H,4-7,14H2,1-3H3,(H,15,17). The van der Waals surface area contributed by atoms with E-state index in [0.29, 0.717) is 15.8 Å². The maximum atomic E-state index is 11.9. The van der Waals surface area contributed by atoms with Crippen LogP contribution in [-0.2, 0) is 0 Å². The van der Waals surface area contributed by atoms with Crippen molar-refractivity contribution >= 4 is 51.5 Å². The number of carbonyl (C=O) groups excluding carboxylic acids is 1. The smallest absolute Gasteiger partial charge is 0.263 e. The third-order valence-electron chi connectivity index (χ3n) is 3.40. The van der Waals surface area contributed by atoms with Crippen LogP contribution < -0.4 is 16.0 Å². The Morgan fingerprint density at radius 3 is 2.95 bits per heavy atom. The quantitative estimate of drug-likeness (QED) is 0.831. The van der Waals surface area contributed by atoms with Gasteiger partial charge >= 0.3 is 0 Å². The molecule has 1 saturated heterocycles. The van der Waals surface area contributed by atoms with Gasteiger partial charge in [-0.05, 0) is 12.7 Å². The van der Waals surface area contributed by atoms with Gasteiger partial charge in [0.1, 0.15) is 9.88 Å². The largest absolute Gasteiger partial charge is 0.396 e. The van der Waals surface area contributed by atoms with Gasteiger partial charge in [0.25, 0.3) is 5.91 Å². The Bertz CT molecular complexity index is 489. The van der Waals surface area contributed by atoms with Gasteiger partial charge in [-0.1, -0.05) is 6.92 Å². The number of amides is 1. The number of nitrogens with two attached hydrogens (primary N) is 1. The Kier molecular flexibility index (Phi) is 5.51.